The maximum atomic E-state index is 12.0. The molecule has 0 fully saturated rings. The van der Waals surface area contributed by atoms with Gasteiger partial charge in [0, 0.05) is 5.57 Å². The number of hydrogen-bond acceptors (Lipinski definition) is 2. The average Bonchev–Trinajstić information content (AvgIpc) is 3.06. The van der Waals surface area contributed by atoms with Crippen molar-refractivity contribution in [2.75, 3.05) is 0 Å². The summed E-state index contributed by atoms with van der Waals surface area (Å²) in [5, 5.41) is 0. The molecule has 1 unspecified atom stereocenters. The van der Waals surface area contributed by atoms with Crippen LogP contribution in [0.5, 0.6) is 0 Å². The summed E-state index contributed by atoms with van der Waals surface area (Å²) in [7, 11) is 0. The Morgan fingerprint density at radius 2 is 1.73 bits per heavy atom. The molecule has 26 heavy (non-hydrogen) atoms. The Morgan fingerprint density at radius 3 is 2.38 bits per heavy atom. The summed E-state index contributed by atoms with van der Waals surface area (Å²) < 4.78 is 10.0. The number of nitrogens with zero attached hydrogens (tertiary/aromatic N) is 2. The van der Waals surface area contributed by atoms with E-state index in [9.17, 15) is 4.79 Å². The van der Waals surface area contributed by atoms with Gasteiger partial charge >= 0.3 is 5.97 Å². The lowest BCUT2D eigenvalue weighted by Crippen LogP contribution is -2.40. The van der Waals surface area contributed by atoms with Gasteiger partial charge in [-0.3, -0.25) is 0 Å². The van der Waals surface area contributed by atoms with E-state index in [1.165, 1.54) is 51.4 Å². The van der Waals surface area contributed by atoms with Crippen molar-refractivity contribution >= 4 is 5.97 Å². The first-order valence-corrected chi connectivity index (χ1v) is 10.5. The van der Waals surface area contributed by atoms with Crippen molar-refractivity contribution in [2.45, 2.75) is 104 Å². The predicted octanol–water partition coefficient (Wildman–Crippen LogP) is 5.20. The summed E-state index contributed by atoms with van der Waals surface area (Å²) in [6.07, 6.45) is 18.4. The van der Waals surface area contributed by atoms with Crippen LogP contribution in [0.1, 0.15) is 85.0 Å². The van der Waals surface area contributed by atoms with Gasteiger partial charge in [-0.05, 0) is 26.2 Å². The second kappa shape index (κ2) is 13.6. The van der Waals surface area contributed by atoms with Crippen LogP contribution in [0.4, 0.5) is 0 Å². The van der Waals surface area contributed by atoms with Crippen LogP contribution in [0.25, 0.3) is 0 Å². The Kier molecular flexibility index (Phi) is 11.7. The van der Waals surface area contributed by atoms with Crippen LogP contribution in [-0.2, 0) is 22.6 Å². The molecule has 0 saturated heterocycles. The minimum Gasteiger partial charge on any atom is -0.455 e. The van der Waals surface area contributed by atoms with E-state index in [0.717, 1.165) is 19.4 Å². The fourth-order valence-electron chi connectivity index (χ4n) is 3.02. The third-order valence-electron chi connectivity index (χ3n) is 4.68. The van der Waals surface area contributed by atoms with Crippen LogP contribution in [0, 0.1) is 0 Å². The van der Waals surface area contributed by atoms with Gasteiger partial charge in [-0.1, -0.05) is 65.4 Å². The first-order chi connectivity index (χ1) is 12.6. The zero-order valence-corrected chi connectivity index (χ0v) is 17.2. The second-order valence-corrected chi connectivity index (χ2v) is 7.42. The molecule has 0 aliphatic carbocycles. The van der Waals surface area contributed by atoms with Gasteiger partial charge in [0.05, 0.1) is 6.54 Å². The molecule has 148 valence electrons. The fourth-order valence-corrected chi connectivity index (χ4v) is 3.02. The van der Waals surface area contributed by atoms with Crippen LogP contribution in [0.2, 0.25) is 0 Å². The molecule has 0 bridgehead atoms. The van der Waals surface area contributed by atoms with Crippen LogP contribution in [0.3, 0.4) is 0 Å². The molecular weight excluding hydrogens is 324 g/mol. The monoisotopic (exact) mass is 363 g/mol. The van der Waals surface area contributed by atoms with Gasteiger partial charge in [-0.2, -0.15) is 0 Å². The summed E-state index contributed by atoms with van der Waals surface area (Å²) in [5.41, 5.74) is 0.472. The number of aryl methyl sites for hydroxylation is 1. The molecule has 0 aliphatic heterocycles. The van der Waals surface area contributed by atoms with Crippen LogP contribution in [-0.4, -0.2) is 16.6 Å². The molecule has 0 amide bonds. The lowest BCUT2D eigenvalue weighted by atomic mass is 10.1. The normalized spacial score (nSPS) is 12.1. The first kappa shape index (κ1) is 22.5. The maximum absolute atomic E-state index is 12.0. The van der Waals surface area contributed by atoms with Gasteiger partial charge < -0.3 is 4.74 Å². The number of rotatable bonds is 15. The third kappa shape index (κ3) is 9.79. The quantitative estimate of drug-likeness (QED) is 0.186. The van der Waals surface area contributed by atoms with E-state index in [4.69, 9.17) is 4.74 Å². The standard InChI is InChI=1S/C22H39N2O2/c1-5-7-9-10-11-12-13-14-21(26-22(25)20(3)4)18-24-17-16-23(19-24)15-8-6-2/h16-17,19,21H,3,5-15,18H2,1-2,4H3/q+1. The van der Waals surface area contributed by atoms with Crippen molar-refractivity contribution in [1.82, 2.24) is 4.57 Å². The molecule has 1 rings (SSSR count). The van der Waals surface area contributed by atoms with Gasteiger partial charge in [0.25, 0.3) is 0 Å². The Morgan fingerprint density at radius 1 is 1.08 bits per heavy atom. The lowest BCUT2D eigenvalue weighted by Gasteiger charge is -2.16. The van der Waals surface area contributed by atoms with Gasteiger partial charge in [0.1, 0.15) is 25.0 Å². The van der Waals surface area contributed by atoms with E-state index < -0.39 is 0 Å². The Bertz CT molecular complexity index is 522. The summed E-state index contributed by atoms with van der Waals surface area (Å²) in [4.78, 5) is 12.0. The van der Waals surface area contributed by atoms with Crippen molar-refractivity contribution in [3.8, 4) is 0 Å². The number of hydrogen-bond donors (Lipinski definition) is 0. The van der Waals surface area contributed by atoms with Gasteiger partial charge in [0.2, 0.25) is 6.33 Å². The van der Waals surface area contributed by atoms with E-state index >= 15 is 0 Å². The van der Waals surface area contributed by atoms with Gasteiger partial charge in [0.15, 0.2) is 0 Å². The van der Waals surface area contributed by atoms with E-state index in [2.05, 4.69) is 48.3 Å². The van der Waals surface area contributed by atoms with E-state index in [1.54, 1.807) is 6.92 Å². The molecule has 0 radical (unpaired) electrons. The number of ether oxygens (including phenoxy) is 1. The molecule has 0 spiro atoms. The highest BCUT2D eigenvalue weighted by molar-refractivity contribution is 5.87. The number of carbonyl (C=O) groups is 1. The highest BCUT2D eigenvalue weighted by Crippen LogP contribution is 2.12. The molecule has 0 aliphatic rings. The Balaban J connectivity index is 2.46. The number of aromatic nitrogens is 2. The van der Waals surface area contributed by atoms with Crippen LogP contribution >= 0.6 is 0 Å². The average molecular weight is 364 g/mol. The molecule has 1 atom stereocenters. The summed E-state index contributed by atoms with van der Waals surface area (Å²) in [6.45, 7) is 11.6. The SMILES string of the molecule is C=C(C)C(=O)OC(CCCCCCCCC)C[n+]1ccn(CCCC)c1. The highest BCUT2D eigenvalue weighted by atomic mass is 16.5. The van der Waals surface area contributed by atoms with Crippen molar-refractivity contribution < 1.29 is 14.1 Å². The topological polar surface area (TPSA) is 35.1 Å². The fraction of sp³-hybridized carbons (Fsp3) is 0.727. The highest BCUT2D eigenvalue weighted by Gasteiger charge is 2.18. The van der Waals surface area contributed by atoms with Crippen LogP contribution in [0.15, 0.2) is 30.9 Å². The largest absolute Gasteiger partial charge is 0.455 e. The molecular formula is C22H39N2O2+. The Hall–Kier alpha value is -1.58. The van der Waals surface area contributed by atoms with Crippen molar-refractivity contribution in [2.24, 2.45) is 0 Å². The van der Waals surface area contributed by atoms with E-state index in [-0.39, 0.29) is 12.1 Å². The van der Waals surface area contributed by atoms with Gasteiger partial charge in [-0.15, -0.1) is 0 Å². The zero-order chi connectivity index (χ0) is 19.2. The Labute approximate surface area is 160 Å². The molecule has 0 N–H and O–H groups in total. The lowest BCUT2D eigenvalue weighted by molar-refractivity contribution is -0.702. The number of carbonyl (C=O) groups excluding carboxylic acids is 1. The first-order valence-electron chi connectivity index (χ1n) is 10.5. The second-order valence-electron chi connectivity index (χ2n) is 7.42. The smallest absolute Gasteiger partial charge is 0.333 e. The predicted molar refractivity (Wildman–Crippen MR) is 107 cm³/mol. The molecule has 4 nitrogen and oxygen atoms in total. The minimum absolute atomic E-state index is 0.0816. The maximum Gasteiger partial charge on any atom is 0.333 e. The van der Waals surface area contributed by atoms with E-state index in [1.807, 2.05) is 0 Å². The zero-order valence-electron chi connectivity index (χ0n) is 17.2. The molecule has 1 aromatic heterocycles. The summed E-state index contributed by atoms with van der Waals surface area (Å²) in [6, 6.07) is 0. The van der Waals surface area contributed by atoms with Crippen molar-refractivity contribution in [3.05, 3.63) is 30.9 Å². The van der Waals surface area contributed by atoms with Crippen molar-refractivity contribution in [1.29, 1.82) is 0 Å². The van der Waals surface area contributed by atoms with Crippen LogP contribution < -0.4 is 4.57 Å². The minimum atomic E-state index is -0.274. The molecule has 0 aromatic carbocycles. The van der Waals surface area contributed by atoms with Gasteiger partial charge in [-0.25, -0.2) is 13.9 Å². The molecule has 1 aromatic rings. The molecule has 4 heteroatoms. The number of esters is 1. The van der Waals surface area contributed by atoms with E-state index in [0.29, 0.717) is 12.1 Å². The molecule has 1 heterocycles. The summed E-state index contributed by atoms with van der Waals surface area (Å²) in [5.74, 6) is -0.274. The number of unbranched alkanes of at least 4 members (excludes halogenated alkanes) is 7. The third-order valence-corrected chi connectivity index (χ3v) is 4.68. The molecule has 0 saturated carbocycles. The summed E-state index contributed by atoms with van der Waals surface area (Å²) >= 11 is 0. The van der Waals surface area contributed by atoms with Crippen molar-refractivity contribution in [3.63, 3.8) is 0 Å². The number of imidazole rings is 1.